The van der Waals surface area contributed by atoms with Gasteiger partial charge in [-0.3, -0.25) is 4.79 Å². The van der Waals surface area contributed by atoms with Gasteiger partial charge in [-0.15, -0.1) is 0 Å². The van der Waals surface area contributed by atoms with Crippen molar-refractivity contribution in [2.24, 2.45) is 5.92 Å². The Morgan fingerprint density at radius 3 is 2.50 bits per heavy atom. The van der Waals surface area contributed by atoms with Crippen molar-refractivity contribution in [1.82, 2.24) is 9.80 Å². The minimum absolute atomic E-state index is 0.0456. The van der Waals surface area contributed by atoms with E-state index in [2.05, 4.69) is 0 Å². The summed E-state index contributed by atoms with van der Waals surface area (Å²) in [7, 11) is 0. The molecule has 2 N–H and O–H groups in total. The molecule has 20 heavy (non-hydrogen) atoms. The molecule has 6 nitrogen and oxygen atoms in total. The number of urea groups is 1. The van der Waals surface area contributed by atoms with E-state index in [0.717, 1.165) is 38.5 Å². The van der Waals surface area contributed by atoms with Crippen molar-refractivity contribution >= 4 is 12.0 Å². The highest BCUT2D eigenvalue weighted by atomic mass is 16.4. The van der Waals surface area contributed by atoms with Crippen molar-refractivity contribution in [3.63, 3.8) is 0 Å². The summed E-state index contributed by atoms with van der Waals surface area (Å²) in [5.41, 5.74) is 0. The third-order valence-corrected chi connectivity index (χ3v) is 4.11. The number of rotatable bonds is 5. The van der Waals surface area contributed by atoms with Crippen LogP contribution in [0.4, 0.5) is 4.79 Å². The number of carbonyl (C=O) groups excluding carboxylic acids is 1. The fraction of sp³-hybridized carbons (Fsp3) is 0.857. The molecule has 1 aliphatic carbocycles. The van der Waals surface area contributed by atoms with Crippen LogP contribution in [0.5, 0.6) is 0 Å². The SMILES string of the molecule is O=C(O)CN(CC1CC1)C(=O)N1CCCCCC1CO. The molecule has 1 heterocycles. The topological polar surface area (TPSA) is 81.1 Å². The summed E-state index contributed by atoms with van der Waals surface area (Å²) >= 11 is 0. The van der Waals surface area contributed by atoms with Crippen LogP contribution in [0.25, 0.3) is 0 Å². The number of aliphatic carboxylic acids is 1. The van der Waals surface area contributed by atoms with Crippen LogP contribution in [0.1, 0.15) is 38.5 Å². The highest BCUT2D eigenvalue weighted by Crippen LogP contribution is 2.30. The molecule has 1 unspecified atom stereocenters. The van der Waals surface area contributed by atoms with E-state index in [1.54, 1.807) is 4.90 Å². The van der Waals surface area contributed by atoms with Gasteiger partial charge in [0.1, 0.15) is 6.54 Å². The Morgan fingerprint density at radius 2 is 1.90 bits per heavy atom. The number of aliphatic hydroxyl groups excluding tert-OH is 1. The Morgan fingerprint density at radius 1 is 1.15 bits per heavy atom. The summed E-state index contributed by atoms with van der Waals surface area (Å²) < 4.78 is 0. The van der Waals surface area contributed by atoms with Gasteiger partial charge in [0.15, 0.2) is 0 Å². The third kappa shape index (κ3) is 4.10. The van der Waals surface area contributed by atoms with E-state index < -0.39 is 5.97 Å². The minimum atomic E-state index is -0.977. The molecule has 2 rings (SSSR count). The average molecular weight is 284 g/mol. The number of aliphatic hydroxyl groups is 1. The Balaban J connectivity index is 2.04. The Hall–Kier alpha value is -1.30. The Labute approximate surface area is 119 Å². The molecule has 2 fully saturated rings. The molecule has 0 bridgehead atoms. The first kappa shape index (κ1) is 15.1. The standard InChI is InChI=1S/C14H24N2O4/c17-10-12-4-2-1-3-7-16(12)14(20)15(9-13(18)19)8-11-5-6-11/h11-12,17H,1-10H2,(H,18,19). The fourth-order valence-electron chi connectivity index (χ4n) is 2.79. The van der Waals surface area contributed by atoms with E-state index in [9.17, 15) is 14.7 Å². The molecule has 0 aromatic rings. The van der Waals surface area contributed by atoms with Crippen molar-refractivity contribution in [1.29, 1.82) is 0 Å². The van der Waals surface area contributed by atoms with E-state index in [4.69, 9.17) is 5.11 Å². The van der Waals surface area contributed by atoms with Crippen molar-refractivity contribution < 1.29 is 19.8 Å². The summed E-state index contributed by atoms with van der Waals surface area (Å²) in [6.45, 7) is 0.852. The summed E-state index contributed by atoms with van der Waals surface area (Å²) in [5, 5.41) is 18.4. The van der Waals surface area contributed by atoms with Crippen LogP contribution in [-0.2, 0) is 4.79 Å². The molecule has 1 saturated heterocycles. The fourth-order valence-corrected chi connectivity index (χ4v) is 2.79. The number of likely N-dealkylation sites (tertiary alicyclic amines) is 1. The van der Waals surface area contributed by atoms with Crippen molar-refractivity contribution in [2.75, 3.05) is 26.2 Å². The number of carbonyl (C=O) groups is 2. The van der Waals surface area contributed by atoms with E-state index >= 15 is 0 Å². The zero-order valence-corrected chi connectivity index (χ0v) is 11.8. The molecule has 6 heteroatoms. The van der Waals surface area contributed by atoms with Gasteiger partial charge >= 0.3 is 12.0 Å². The smallest absolute Gasteiger partial charge is 0.323 e. The lowest BCUT2D eigenvalue weighted by Crippen LogP contribution is -2.51. The van der Waals surface area contributed by atoms with Gasteiger partial charge in [-0.1, -0.05) is 12.8 Å². The average Bonchev–Trinajstić information content (AvgIpc) is 3.22. The van der Waals surface area contributed by atoms with Gasteiger partial charge in [-0.05, 0) is 31.6 Å². The van der Waals surface area contributed by atoms with Gasteiger partial charge in [0.2, 0.25) is 0 Å². The first-order valence-electron chi connectivity index (χ1n) is 7.50. The number of carboxylic acids is 1. The van der Waals surface area contributed by atoms with E-state index in [1.807, 2.05) is 0 Å². The minimum Gasteiger partial charge on any atom is -0.480 e. The van der Waals surface area contributed by atoms with Crippen LogP contribution in [0.2, 0.25) is 0 Å². The molecule has 0 aromatic carbocycles. The second kappa shape index (κ2) is 6.92. The maximum Gasteiger partial charge on any atom is 0.323 e. The number of carboxylic acid groups (broad SMARTS) is 1. The molecule has 2 aliphatic rings. The predicted octanol–water partition coefficient (Wildman–Crippen LogP) is 1.14. The van der Waals surface area contributed by atoms with Crippen molar-refractivity contribution in [2.45, 2.75) is 44.6 Å². The summed E-state index contributed by atoms with van der Waals surface area (Å²) in [5.74, 6) is -0.521. The van der Waals surface area contributed by atoms with Crippen LogP contribution in [-0.4, -0.2) is 64.3 Å². The molecule has 1 atom stereocenters. The second-order valence-electron chi connectivity index (χ2n) is 5.88. The van der Waals surface area contributed by atoms with Crippen molar-refractivity contribution in [3.8, 4) is 0 Å². The predicted molar refractivity (Wildman–Crippen MR) is 73.4 cm³/mol. The summed E-state index contributed by atoms with van der Waals surface area (Å²) in [4.78, 5) is 26.7. The third-order valence-electron chi connectivity index (χ3n) is 4.11. The lowest BCUT2D eigenvalue weighted by Gasteiger charge is -2.33. The molecule has 0 spiro atoms. The number of hydrogen-bond donors (Lipinski definition) is 2. The first-order chi connectivity index (χ1) is 9.61. The molecule has 2 amide bonds. The monoisotopic (exact) mass is 284 g/mol. The number of hydrogen-bond acceptors (Lipinski definition) is 3. The van der Waals surface area contributed by atoms with Gasteiger partial charge in [0, 0.05) is 13.1 Å². The van der Waals surface area contributed by atoms with Gasteiger partial charge in [-0.2, -0.15) is 0 Å². The molecular formula is C14H24N2O4. The summed E-state index contributed by atoms with van der Waals surface area (Å²) in [6, 6.07) is -0.388. The highest BCUT2D eigenvalue weighted by Gasteiger charge is 2.33. The van der Waals surface area contributed by atoms with E-state index in [0.29, 0.717) is 19.0 Å². The molecule has 0 radical (unpaired) electrons. The van der Waals surface area contributed by atoms with Gasteiger partial charge < -0.3 is 20.0 Å². The Bertz CT molecular complexity index is 357. The molecule has 114 valence electrons. The second-order valence-corrected chi connectivity index (χ2v) is 5.88. The van der Waals surface area contributed by atoms with Crippen LogP contribution in [0.15, 0.2) is 0 Å². The maximum absolute atomic E-state index is 12.6. The van der Waals surface area contributed by atoms with Crippen LogP contribution >= 0.6 is 0 Å². The Kier molecular flexibility index (Phi) is 5.23. The van der Waals surface area contributed by atoms with Gasteiger partial charge in [0.25, 0.3) is 0 Å². The van der Waals surface area contributed by atoms with Crippen molar-refractivity contribution in [3.05, 3.63) is 0 Å². The number of nitrogens with zero attached hydrogens (tertiary/aromatic N) is 2. The molecule has 1 saturated carbocycles. The first-order valence-corrected chi connectivity index (χ1v) is 7.50. The number of amides is 2. The normalized spacial score (nSPS) is 23.2. The van der Waals surface area contributed by atoms with E-state index in [-0.39, 0.29) is 25.2 Å². The molecule has 0 aromatic heterocycles. The van der Waals surface area contributed by atoms with Gasteiger partial charge in [0.05, 0.1) is 12.6 Å². The quantitative estimate of drug-likeness (QED) is 0.793. The zero-order valence-electron chi connectivity index (χ0n) is 11.8. The summed E-state index contributed by atoms with van der Waals surface area (Å²) in [6.07, 6.45) is 5.94. The van der Waals surface area contributed by atoms with Crippen LogP contribution in [0, 0.1) is 5.92 Å². The molecular weight excluding hydrogens is 260 g/mol. The van der Waals surface area contributed by atoms with Crippen LogP contribution in [0.3, 0.4) is 0 Å². The van der Waals surface area contributed by atoms with E-state index in [1.165, 1.54) is 4.90 Å². The highest BCUT2D eigenvalue weighted by molar-refractivity contribution is 5.80. The lowest BCUT2D eigenvalue weighted by atomic mass is 10.1. The largest absolute Gasteiger partial charge is 0.480 e. The zero-order chi connectivity index (χ0) is 14.5. The maximum atomic E-state index is 12.6. The van der Waals surface area contributed by atoms with Gasteiger partial charge in [-0.25, -0.2) is 4.79 Å². The lowest BCUT2D eigenvalue weighted by molar-refractivity contribution is -0.137. The molecule has 1 aliphatic heterocycles. The van der Waals surface area contributed by atoms with Crippen LogP contribution < -0.4 is 0 Å².